The molecule has 1 aliphatic heterocycles. The largest absolute Gasteiger partial charge is 0.466 e. The van der Waals surface area contributed by atoms with Crippen LogP contribution in [0.5, 0.6) is 0 Å². The van der Waals surface area contributed by atoms with Crippen LogP contribution in [0.1, 0.15) is 19.8 Å². The average molecular weight is 397 g/mol. The molecule has 3 heterocycles. The molecule has 0 amide bonds. The predicted octanol–water partition coefficient (Wildman–Crippen LogP) is 3.11. The molecule has 9 heteroatoms. The topological polar surface area (TPSA) is 94.2 Å². The van der Waals surface area contributed by atoms with Crippen molar-refractivity contribution in [2.75, 3.05) is 24.6 Å². The molecular weight excluding hydrogens is 377 g/mol. The molecule has 2 aromatic heterocycles. The van der Waals surface area contributed by atoms with E-state index in [1.54, 1.807) is 18.2 Å². The number of benzene rings is 1. The fraction of sp³-hybridized carbons (Fsp3) is 0.350. The molecule has 0 radical (unpaired) electrons. The van der Waals surface area contributed by atoms with Crippen LogP contribution in [-0.4, -0.2) is 46.0 Å². The summed E-state index contributed by atoms with van der Waals surface area (Å²) in [6, 6.07) is 9.39. The minimum Gasteiger partial charge on any atom is -0.466 e. The zero-order chi connectivity index (χ0) is 20.2. The lowest BCUT2D eigenvalue weighted by atomic mass is 9.98. The van der Waals surface area contributed by atoms with Gasteiger partial charge in [0.1, 0.15) is 5.82 Å². The Morgan fingerprint density at radius 2 is 2.07 bits per heavy atom. The molecule has 29 heavy (non-hydrogen) atoms. The highest BCUT2D eigenvalue weighted by atomic mass is 19.1. The van der Waals surface area contributed by atoms with E-state index in [1.165, 1.54) is 12.1 Å². The molecule has 4 rings (SSSR count). The number of rotatable bonds is 5. The highest BCUT2D eigenvalue weighted by molar-refractivity contribution is 5.73. The van der Waals surface area contributed by atoms with E-state index in [0.29, 0.717) is 36.1 Å². The number of esters is 1. The Balaban J connectivity index is 1.47. The maximum atomic E-state index is 13.1. The van der Waals surface area contributed by atoms with E-state index in [9.17, 15) is 9.18 Å². The molecule has 1 fully saturated rings. The highest BCUT2D eigenvalue weighted by Crippen LogP contribution is 2.25. The molecule has 1 aromatic carbocycles. The molecular formula is C20H20FN5O3. The van der Waals surface area contributed by atoms with Gasteiger partial charge in [-0.1, -0.05) is 5.16 Å². The van der Waals surface area contributed by atoms with Crippen molar-refractivity contribution in [3.05, 3.63) is 42.2 Å². The highest BCUT2D eigenvalue weighted by Gasteiger charge is 2.27. The van der Waals surface area contributed by atoms with Gasteiger partial charge in [0.15, 0.2) is 11.5 Å². The molecule has 3 aromatic rings. The summed E-state index contributed by atoms with van der Waals surface area (Å²) < 4.78 is 23.5. The minimum absolute atomic E-state index is 0.153. The van der Waals surface area contributed by atoms with E-state index in [-0.39, 0.29) is 23.6 Å². The maximum absolute atomic E-state index is 13.1. The molecule has 0 saturated carbocycles. The third-order valence-electron chi connectivity index (χ3n) is 4.76. The zero-order valence-corrected chi connectivity index (χ0v) is 15.9. The Labute approximate surface area is 166 Å². The van der Waals surface area contributed by atoms with Crippen LogP contribution in [0.2, 0.25) is 0 Å². The third kappa shape index (κ3) is 4.23. The van der Waals surface area contributed by atoms with Gasteiger partial charge in [-0.05, 0) is 56.2 Å². The number of carbonyl (C=O) groups excluding carboxylic acids is 1. The number of hydrogen-bond acceptors (Lipinski definition) is 8. The summed E-state index contributed by atoms with van der Waals surface area (Å²) in [5.41, 5.74) is 1.08. The van der Waals surface area contributed by atoms with E-state index in [4.69, 9.17) is 9.26 Å². The first-order valence-corrected chi connectivity index (χ1v) is 9.49. The monoisotopic (exact) mass is 397 g/mol. The van der Waals surface area contributed by atoms with E-state index in [2.05, 4.69) is 20.3 Å². The standard InChI is InChI=1S/C20H20FN5O3/c1-2-28-20(27)14-4-3-11-26(12-14)17-10-9-16(23-24-17)19-22-18(25-29-19)13-5-7-15(21)8-6-13/h5-10,14H,2-4,11-12H2,1H3/t14-/m0/s1. The smallest absolute Gasteiger partial charge is 0.310 e. The summed E-state index contributed by atoms with van der Waals surface area (Å²) in [5.74, 6) is 0.605. The van der Waals surface area contributed by atoms with Crippen LogP contribution in [0, 0.1) is 11.7 Å². The lowest BCUT2D eigenvalue weighted by Gasteiger charge is -2.31. The van der Waals surface area contributed by atoms with Crippen LogP contribution in [0.4, 0.5) is 10.2 Å². The normalized spacial score (nSPS) is 16.6. The van der Waals surface area contributed by atoms with Crippen LogP contribution in [-0.2, 0) is 9.53 Å². The Morgan fingerprint density at radius 1 is 1.24 bits per heavy atom. The lowest BCUT2D eigenvalue weighted by Crippen LogP contribution is -2.39. The summed E-state index contributed by atoms with van der Waals surface area (Å²) >= 11 is 0. The molecule has 1 atom stereocenters. The van der Waals surface area contributed by atoms with Crippen molar-refractivity contribution >= 4 is 11.8 Å². The van der Waals surface area contributed by atoms with Crippen molar-refractivity contribution in [1.82, 2.24) is 20.3 Å². The second-order valence-electron chi connectivity index (χ2n) is 6.74. The van der Waals surface area contributed by atoms with Crippen molar-refractivity contribution in [3.63, 3.8) is 0 Å². The number of anilines is 1. The van der Waals surface area contributed by atoms with Gasteiger partial charge in [-0.3, -0.25) is 4.79 Å². The number of nitrogens with zero attached hydrogens (tertiary/aromatic N) is 5. The molecule has 0 unspecified atom stereocenters. The van der Waals surface area contributed by atoms with Gasteiger partial charge in [-0.2, -0.15) is 4.98 Å². The van der Waals surface area contributed by atoms with Gasteiger partial charge >= 0.3 is 5.97 Å². The van der Waals surface area contributed by atoms with Crippen molar-refractivity contribution in [3.8, 4) is 23.0 Å². The number of halogens is 1. The van der Waals surface area contributed by atoms with Gasteiger partial charge in [-0.25, -0.2) is 4.39 Å². The second-order valence-corrected chi connectivity index (χ2v) is 6.74. The van der Waals surface area contributed by atoms with Crippen LogP contribution >= 0.6 is 0 Å². The first-order valence-electron chi connectivity index (χ1n) is 9.49. The van der Waals surface area contributed by atoms with Gasteiger partial charge < -0.3 is 14.2 Å². The Kier molecular flexibility index (Phi) is 5.46. The minimum atomic E-state index is -0.332. The van der Waals surface area contributed by atoms with Gasteiger partial charge in [-0.15, -0.1) is 10.2 Å². The first kappa shape index (κ1) is 19.0. The summed E-state index contributed by atoms with van der Waals surface area (Å²) in [6.45, 7) is 3.55. The van der Waals surface area contributed by atoms with Gasteiger partial charge in [0.05, 0.1) is 12.5 Å². The number of carbonyl (C=O) groups is 1. The fourth-order valence-electron chi connectivity index (χ4n) is 3.29. The quantitative estimate of drug-likeness (QED) is 0.606. The Bertz CT molecular complexity index is 975. The van der Waals surface area contributed by atoms with Crippen molar-refractivity contribution in [2.45, 2.75) is 19.8 Å². The number of piperidine rings is 1. The van der Waals surface area contributed by atoms with Crippen molar-refractivity contribution < 1.29 is 18.4 Å². The molecule has 0 bridgehead atoms. The van der Waals surface area contributed by atoms with E-state index >= 15 is 0 Å². The maximum Gasteiger partial charge on any atom is 0.310 e. The average Bonchev–Trinajstić information content (AvgIpc) is 3.25. The predicted molar refractivity (Wildman–Crippen MR) is 102 cm³/mol. The Morgan fingerprint density at radius 3 is 2.79 bits per heavy atom. The molecule has 1 aliphatic rings. The summed E-state index contributed by atoms with van der Waals surface area (Å²) in [6.07, 6.45) is 1.70. The van der Waals surface area contributed by atoms with Crippen LogP contribution in [0.15, 0.2) is 40.9 Å². The van der Waals surface area contributed by atoms with Crippen LogP contribution < -0.4 is 4.90 Å². The van der Waals surface area contributed by atoms with Gasteiger partial charge in [0.25, 0.3) is 5.89 Å². The van der Waals surface area contributed by atoms with Gasteiger partial charge in [0, 0.05) is 18.7 Å². The van der Waals surface area contributed by atoms with E-state index in [1.807, 2.05) is 17.9 Å². The SMILES string of the molecule is CCOC(=O)[C@H]1CCCN(c2ccc(-c3nc(-c4ccc(F)cc4)no3)nn2)C1. The molecule has 0 aliphatic carbocycles. The third-order valence-corrected chi connectivity index (χ3v) is 4.76. The molecule has 1 saturated heterocycles. The lowest BCUT2D eigenvalue weighted by molar-refractivity contribution is -0.148. The van der Waals surface area contributed by atoms with Crippen LogP contribution in [0.25, 0.3) is 23.0 Å². The van der Waals surface area contributed by atoms with E-state index in [0.717, 1.165) is 19.4 Å². The molecule has 150 valence electrons. The molecule has 0 N–H and O–H groups in total. The molecule has 0 spiro atoms. The van der Waals surface area contributed by atoms with Crippen molar-refractivity contribution in [1.29, 1.82) is 0 Å². The van der Waals surface area contributed by atoms with Crippen LogP contribution in [0.3, 0.4) is 0 Å². The summed E-state index contributed by atoms with van der Waals surface area (Å²) in [4.78, 5) is 18.3. The van der Waals surface area contributed by atoms with Crippen molar-refractivity contribution in [2.24, 2.45) is 5.92 Å². The molecule has 8 nitrogen and oxygen atoms in total. The van der Waals surface area contributed by atoms with Gasteiger partial charge in [0.2, 0.25) is 5.82 Å². The number of ether oxygens (including phenoxy) is 1. The first-order chi connectivity index (χ1) is 14.1. The summed E-state index contributed by atoms with van der Waals surface area (Å²) in [7, 11) is 0. The number of hydrogen-bond donors (Lipinski definition) is 0. The van der Waals surface area contributed by atoms with E-state index < -0.39 is 0 Å². The Hall–Kier alpha value is -3.36. The zero-order valence-electron chi connectivity index (χ0n) is 15.9. The fourth-order valence-corrected chi connectivity index (χ4v) is 3.29. The summed E-state index contributed by atoms with van der Waals surface area (Å²) in [5, 5.41) is 12.4. The number of aromatic nitrogens is 4. The second kappa shape index (κ2) is 8.34.